The lowest BCUT2D eigenvalue weighted by atomic mass is 10.1. The lowest BCUT2D eigenvalue weighted by Crippen LogP contribution is -2.21. The third kappa shape index (κ3) is 2.58. The molecule has 104 valence electrons. The van der Waals surface area contributed by atoms with Crippen LogP contribution < -0.4 is 0 Å². The summed E-state index contributed by atoms with van der Waals surface area (Å²) in [5.74, 6) is -0.389. The molecule has 5 heteroatoms. The van der Waals surface area contributed by atoms with Crippen LogP contribution in [0.1, 0.15) is 34.0 Å². The number of nitrogens with one attached hydrogen (secondary N) is 1. The molecule has 1 atom stereocenters. The highest BCUT2D eigenvalue weighted by molar-refractivity contribution is 5.89. The lowest BCUT2D eigenvalue weighted by molar-refractivity contribution is 0.0694. The van der Waals surface area contributed by atoms with E-state index in [9.17, 15) is 9.90 Å². The van der Waals surface area contributed by atoms with E-state index in [1.54, 1.807) is 18.3 Å². The van der Waals surface area contributed by atoms with Gasteiger partial charge in [-0.3, -0.25) is 10.00 Å². The summed E-state index contributed by atoms with van der Waals surface area (Å²) in [5.41, 5.74) is 2.45. The highest BCUT2D eigenvalue weighted by atomic mass is 16.4. The third-order valence-corrected chi connectivity index (χ3v) is 3.88. The average Bonchev–Trinajstić information content (AvgIpc) is 3.09. The predicted molar refractivity (Wildman–Crippen MR) is 74.6 cm³/mol. The minimum absolute atomic E-state index is 0.400. The molecule has 0 unspecified atom stereocenters. The maximum Gasteiger partial charge on any atom is 0.336 e. The van der Waals surface area contributed by atoms with Gasteiger partial charge in [0, 0.05) is 30.9 Å². The molecular formula is C15H17N3O2. The van der Waals surface area contributed by atoms with Gasteiger partial charge in [0.25, 0.3) is 0 Å². The Morgan fingerprint density at radius 2 is 2.25 bits per heavy atom. The molecule has 2 N–H and O–H groups in total. The van der Waals surface area contributed by atoms with E-state index in [-0.39, 0.29) is 0 Å². The van der Waals surface area contributed by atoms with Gasteiger partial charge in [-0.2, -0.15) is 5.10 Å². The van der Waals surface area contributed by atoms with Crippen LogP contribution in [-0.2, 0) is 6.54 Å². The number of carbonyl (C=O) groups is 1. The van der Waals surface area contributed by atoms with Crippen molar-refractivity contribution in [2.45, 2.75) is 18.9 Å². The first-order valence-corrected chi connectivity index (χ1v) is 6.77. The Labute approximate surface area is 117 Å². The van der Waals surface area contributed by atoms with Gasteiger partial charge in [0.1, 0.15) is 0 Å². The summed E-state index contributed by atoms with van der Waals surface area (Å²) in [7, 11) is 0. The van der Waals surface area contributed by atoms with E-state index >= 15 is 0 Å². The normalized spacial score (nSPS) is 19.3. The van der Waals surface area contributed by atoms with Crippen molar-refractivity contribution >= 4 is 5.97 Å². The molecule has 1 aromatic carbocycles. The van der Waals surface area contributed by atoms with Gasteiger partial charge >= 0.3 is 5.97 Å². The average molecular weight is 271 g/mol. The SMILES string of the molecule is O=C(O)c1ccccc1CN1CC[C@@H](c2ccn[nH]2)C1. The molecule has 20 heavy (non-hydrogen) atoms. The van der Waals surface area contributed by atoms with Crippen molar-refractivity contribution in [3.05, 3.63) is 53.3 Å². The van der Waals surface area contributed by atoms with Gasteiger partial charge in [0.15, 0.2) is 0 Å². The molecule has 0 saturated carbocycles. The van der Waals surface area contributed by atoms with Crippen LogP contribution in [0.25, 0.3) is 0 Å². The van der Waals surface area contributed by atoms with Gasteiger partial charge in [-0.25, -0.2) is 4.79 Å². The summed E-state index contributed by atoms with van der Waals surface area (Å²) in [6.07, 6.45) is 2.86. The first-order valence-electron chi connectivity index (χ1n) is 6.77. The Bertz CT molecular complexity index is 595. The number of hydrogen-bond acceptors (Lipinski definition) is 3. The van der Waals surface area contributed by atoms with Crippen LogP contribution in [0.5, 0.6) is 0 Å². The van der Waals surface area contributed by atoms with Gasteiger partial charge in [0.2, 0.25) is 0 Å². The van der Waals surface area contributed by atoms with Crippen LogP contribution in [0.4, 0.5) is 0 Å². The molecule has 0 aliphatic carbocycles. The number of benzene rings is 1. The number of carboxylic acids is 1. The van der Waals surface area contributed by atoms with E-state index in [4.69, 9.17) is 0 Å². The molecule has 1 aromatic heterocycles. The van der Waals surface area contributed by atoms with Crippen LogP contribution in [0.2, 0.25) is 0 Å². The second kappa shape index (κ2) is 5.46. The first-order chi connectivity index (χ1) is 9.74. The van der Waals surface area contributed by atoms with Crippen molar-refractivity contribution < 1.29 is 9.90 Å². The molecule has 0 amide bonds. The molecule has 1 aliphatic rings. The summed E-state index contributed by atoms with van der Waals surface area (Å²) in [6.45, 7) is 2.61. The van der Waals surface area contributed by atoms with E-state index in [2.05, 4.69) is 15.1 Å². The zero-order valence-corrected chi connectivity index (χ0v) is 11.1. The number of carboxylic acid groups (broad SMARTS) is 1. The smallest absolute Gasteiger partial charge is 0.336 e. The van der Waals surface area contributed by atoms with Crippen molar-refractivity contribution in [3.63, 3.8) is 0 Å². The van der Waals surface area contributed by atoms with Gasteiger partial charge in [-0.15, -0.1) is 0 Å². The summed E-state index contributed by atoms with van der Waals surface area (Å²) in [6, 6.07) is 9.24. The maximum atomic E-state index is 11.2. The van der Waals surface area contributed by atoms with Crippen LogP contribution in [0, 0.1) is 0 Å². The standard InChI is InChI=1S/C15H17N3O2/c19-15(20)13-4-2-1-3-11(13)9-18-8-6-12(10-18)14-5-7-16-17-14/h1-5,7,12H,6,8-10H2,(H,16,17)(H,19,20)/t12-/m1/s1. The zero-order chi connectivity index (χ0) is 13.9. The van der Waals surface area contributed by atoms with Crippen molar-refractivity contribution in [2.75, 3.05) is 13.1 Å². The second-order valence-electron chi connectivity index (χ2n) is 5.19. The van der Waals surface area contributed by atoms with E-state index < -0.39 is 5.97 Å². The Morgan fingerprint density at radius 3 is 3.00 bits per heavy atom. The van der Waals surface area contributed by atoms with Crippen LogP contribution >= 0.6 is 0 Å². The van der Waals surface area contributed by atoms with Crippen molar-refractivity contribution in [3.8, 4) is 0 Å². The summed E-state index contributed by atoms with van der Waals surface area (Å²) in [5, 5.41) is 16.2. The summed E-state index contributed by atoms with van der Waals surface area (Å²) < 4.78 is 0. The molecule has 1 saturated heterocycles. The van der Waals surface area contributed by atoms with Gasteiger partial charge in [0.05, 0.1) is 5.56 Å². The van der Waals surface area contributed by atoms with Crippen molar-refractivity contribution in [2.24, 2.45) is 0 Å². The maximum absolute atomic E-state index is 11.2. The fourth-order valence-electron chi connectivity index (χ4n) is 2.83. The van der Waals surface area contributed by atoms with Crippen LogP contribution in [0.3, 0.4) is 0 Å². The molecule has 0 radical (unpaired) electrons. The number of rotatable bonds is 4. The Morgan fingerprint density at radius 1 is 1.40 bits per heavy atom. The largest absolute Gasteiger partial charge is 0.478 e. The van der Waals surface area contributed by atoms with Gasteiger partial charge in [-0.1, -0.05) is 18.2 Å². The monoisotopic (exact) mass is 271 g/mol. The fourth-order valence-corrected chi connectivity index (χ4v) is 2.83. The minimum atomic E-state index is -0.857. The Balaban J connectivity index is 1.69. The number of aromatic amines is 1. The number of hydrogen-bond donors (Lipinski definition) is 2. The second-order valence-corrected chi connectivity index (χ2v) is 5.19. The molecular weight excluding hydrogens is 254 g/mol. The quantitative estimate of drug-likeness (QED) is 0.893. The van der Waals surface area contributed by atoms with Gasteiger partial charge < -0.3 is 5.11 Å². The number of aromatic carboxylic acids is 1. The van der Waals surface area contributed by atoms with E-state index in [1.807, 2.05) is 18.2 Å². The van der Waals surface area contributed by atoms with Gasteiger partial charge in [-0.05, 0) is 30.7 Å². The molecule has 3 rings (SSSR count). The third-order valence-electron chi connectivity index (χ3n) is 3.88. The Kier molecular flexibility index (Phi) is 3.52. The summed E-state index contributed by atoms with van der Waals surface area (Å²) >= 11 is 0. The van der Waals surface area contributed by atoms with Crippen molar-refractivity contribution in [1.29, 1.82) is 0 Å². The highest BCUT2D eigenvalue weighted by Gasteiger charge is 2.25. The predicted octanol–water partition coefficient (Wildman–Crippen LogP) is 2.10. The molecule has 5 nitrogen and oxygen atoms in total. The van der Waals surface area contributed by atoms with E-state index in [0.29, 0.717) is 18.0 Å². The molecule has 2 heterocycles. The number of nitrogens with zero attached hydrogens (tertiary/aromatic N) is 2. The number of H-pyrrole nitrogens is 1. The fraction of sp³-hybridized carbons (Fsp3) is 0.333. The molecule has 1 aliphatic heterocycles. The number of likely N-dealkylation sites (tertiary alicyclic amines) is 1. The van der Waals surface area contributed by atoms with Crippen LogP contribution in [0.15, 0.2) is 36.5 Å². The molecule has 2 aromatic rings. The van der Waals surface area contributed by atoms with Crippen LogP contribution in [-0.4, -0.2) is 39.3 Å². The van der Waals surface area contributed by atoms with Crippen molar-refractivity contribution in [1.82, 2.24) is 15.1 Å². The first kappa shape index (κ1) is 12.9. The lowest BCUT2D eigenvalue weighted by Gasteiger charge is -2.17. The molecule has 1 fully saturated rings. The Hall–Kier alpha value is -2.14. The van der Waals surface area contributed by atoms with E-state index in [0.717, 1.165) is 25.1 Å². The molecule has 0 bridgehead atoms. The summed E-state index contributed by atoms with van der Waals surface area (Å²) in [4.78, 5) is 13.5. The highest BCUT2D eigenvalue weighted by Crippen LogP contribution is 2.27. The molecule has 0 spiro atoms. The van der Waals surface area contributed by atoms with E-state index in [1.165, 1.54) is 5.69 Å². The zero-order valence-electron chi connectivity index (χ0n) is 11.1. The number of aromatic nitrogens is 2. The minimum Gasteiger partial charge on any atom is -0.478 e. The topological polar surface area (TPSA) is 69.2 Å².